The molecule has 14 heavy (non-hydrogen) atoms. The molecule has 1 aromatic carbocycles. The van der Waals surface area contributed by atoms with Crippen LogP contribution in [-0.4, -0.2) is 5.75 Å². The first-order valence-electron chi connectivity index (χ1n) is 4.29. The standard InChI is InChI=1S/C11H8ClNS/c12-10-2-1-3-11-9(10)6-8(4-5-13)7-14-11/h1-3,6H,4,7H2. The van der Waals surface area contributed by atoms with Crippen molar-refractivity contribution in [3.05, 3.63) is 34.4 Å². The first-order valence-corrected chi connectivity index (χ1v) is 5.65. The summed E-state index contributed by atoms with van der Waals surface area (Å²) >= 11 is 7.81. The molecule has 2 rings (SSSR count). The molecule has 0 amide bonds. The number of rotatable bonds is 1. The van der Waals surface area contributed by atoms with Crippen LogP contribution in [-0.2, 0) is 0 Å². The Hall–Kier alpha value is -0.910. The van der Waals surface area contributed by atoms with Crippen LogP contribution < -0.4 is 0 Å². The summed E-state index contributed by atoms with van der Waals surface area (Å²) in [6.45, 7) is 0. The van der Waals surface area contributed by atoms with Crippen molar-refractivity contribution in [1.82, 2.24) is 0 Å². The van der Waals surface area contributed by atoms with E-state index in [0.717, 1.165) is 21.9 Å². The molecule has 0 saturated heterocycles. The normalized spacial score (nSPS) is 14.1. The lowest BCUT2D eigenvalue weighted by atomic mass is 10.1. The molecule has 0 radical (unpaired) electrons. The molecule has 0 N–H and O–H groups in total. The van der Waals surface area contributed by atoms with Crippen molar-refractivity contribution >= 4 is 29.4 Å². The zero-order valence-corrected chi connectivity index (χ0v) is 9.03. The number of nitrogens with zero attached hydrogens (tertiary/aromatic N) is 1. The zero-order valence-electron chi connectivity index (χ0n) is 7.46. The molecule has 0 aliphatic carbocycles. The number of fused-ring (bicyclic) bond motifs is 1. The second-order valence-corrected chi connectivity index (χ2v) is 4.50. The summed E-state index contributed by atoms with van der Waals surface area (Å²) in [4.78, 5) is 1.21. The predicted octanol–water partition coefficient (Wildman–Crippen LogP) is 3.74. The first-order chi connectivity index (χ1) is 6.81. The average Bonchev–Trinajstić information content (AvgIpc) is 2.20. The molecule has 3 heteroatoms. The Labute approximate surface area is 92.4 Å². The van der Waals surface area contributed by atoms with Crippen LogP contribution in [0.3, 0.4) is 0 Å². The van der Waals surface area contributed by atoms with Crippen LogP contribution >= 0.6 is 23.4 Å². The monoisotopic (exact) mass is 221 g/mol. The molecule has 1 aliphatic rings. The minimum atomic E-state index is 0.498. The number of nitriles is 1. The van der Waals surface area contributed by atoms with E-state index in [1.807, 2.05) is 18.2 Å². The van der Waals surface area contributed by atoms with E-state index in [1.54, 1.807) is 11.8 Å². The van der Waals surface area contributed by atoms with Gasteiger partial charge in [-0.15, -0.1) is 11.8 Å². The molecular weight excluding hydrogens is 214 g/mol. The maximum atomic E-state index is 8.60. The van der Waals surface area contributed by atoms with E-state index in [-0.39, 0.29) is 0 Å². The third-order valence-electron chi connectivity index (χ3n) is 2.08. The van der Waals surface area contributed by atoms with E-state index >= 15 is 0 Å². The summed E-state index contributed by atoms with van der Waals surface area (Å²) in [5.41, 5.74) is 2.22. The van der Waals surface area contributed by atoms with Gasteiger partial charge in [0, 0.05) is 21.2 Å². The van der Waals surface area contributed by atoms with Gasteiger partial charge in [-0.25, -0.2) is 0 Å². The topological polar surface area (TPSA) is 23.8 Å². The Morgan fingerprint density at radius 3 is 3.14 bits per heavy atom. The molecule has 1 heterocycles. The van der Waals surface area contributed by atoms with E-state index in [1.165, 1.54) is 4.90 Å². The van der Waals surface area contributed by atoms with Crippen LogP contribution in [0.15, 0.2) is 28.7 Å². The van der Waals surface area contributed by atoms with Gasteiger partial charge in [0.15, 0.2) is 0 Å². The molecule has 0 unspecified atom stereocenters. The number of benzene rings is 1. The second-order valence-electron chi connectivity index (χ2n) is 3.08. The maximum absolute atomic E-state index is 8.60. The van der Waals surface area contributed by atoms with Crippen molar-refractivity contribution < 1.29 is 0 Å². The van der Waals surface area contributed by atoms with E-state index in [2.05, 4.69) is 12.1 Å². The molecule has 1 aromatic rings. The number of halogens is 1. The summed E-state index contributed by atoms with van der Waals surface area (Å²) in [6, 6.07) is 8.06. The molecule has 0 fully saturated rings. The highest BCUT2D eigenvalue weighted by Gasteiger charge is 2.12. The van der Waals surface area contributed by atoms with Gasteiger partial charge < -0.3 is 0 Å². The highest BCUT2D eigenvalue weighted by atomic mass is 35.5. The fourth-order valence-electron chi connectivity index (χ4n) is 1.40. The Kier molecular flexibility index (Phi) is 2.81. The summed E-state index contributed by atoms with van der Waals surface area (Å²) in [5, 5.41) is 9.37. The lowest BCUT2D eigenvalue weighted by Crippen LogP contribution is -1.95. The van der Waals surface area contributed by atoms with Gasteiger partial charge in [0.25, 0.3) is 0 Å². The van der Waals surface area contributed by atoms with Gasteiger partial charge in [-0.3, -0.25) is 0 Å². The predicted molar refractivity (Wildman–Crippen MR) is 60.4 cm³/mol. The Balaban J connectivity index is 2.43. The second kappa shape index (κ2) is 4.08. The molecular formula is C11H8ClNS. The first kappa shape index (κ1) is 9.64. The summed E-state index contributed by atoms with van der Waals surface area (Å²) in [5.74, 6) is 0.904. The maximum Gasteiger partial charge on any atom is 0.0666 e. The lowest BCUT2D eigenvalue weighted by Gasteiger charge is -2.15. The highest BCUT2D eigenvalue weighted by Crippen LogP contribution is 2.36. The van der Waals surface area contributed by atoms with Gasteiger partial charge in [-0.05, 0) is 17.7 Å². The van der Waals surface area contributed by atoms with Gasteiger partial charge in [-0.1, -0.05) is 23.7 Å². The highest BCUT2D eigenvalue weighted by molar-refractivity contribution is 7.99. The van der Waals surface area contributed by atoms with Gasteiger partial charge >= 0.3 is 0 Å². The van der Waals surface area contributed by atoms with Crippen LogP contribution in [0.25, 0.3) is 6.08 Å². The molecule has 1 aliphatic heterocycles. The molecule has 1 nitrogen and oxygen atoms in total. The Morgan fingerprint density at radius 2 is 2.36 bits per heavy atom. The van der Waals surface area contributed by atoms with Crippen LogP contribution in [0.1, 0.15) is 12.0 Å². The van der Waals surface area contributed by atoms with Gasteiger partial charge in [0.05, 0.1) is 12.5 Å². The quantitative estimate of drug-likeness (QED) is 0.721. The van der Waals surface area contributed by atoms with Crippen LogP contribution in [0, 0.1) is 11.3 Å². The van der Waals surface area contributed by atoms with Crippen molar-refractivity contribution in [3.63, 3.8) is 0 Å². The minimum absolute atomic E-state index is 0.498. The number of thioether (sulfide) groups is 1. The molecule has 0 saturated carbocycles. The van der Waals surface area contributed by atoms with Crippen molar-refractivity contribution in [2.45, 2.75) is 11.3 Å². The van der Waals surface area contributed by atoms with Crippen molar-refractivity contribution in [1.29, 1.82) is 5.26 Å². The van der Waals surface area contributed by atoms with E-state index < -0.39 is 0 Å². The summed E-state index contributed by atoms with van der Waals surface area (Å²) in [6.07, 6.45) is 2.54. The molecule has 70 valence electrons. The fraction of sp³-hybridized carbons (Fsp3) is 0.182. The van der Waals surface area contributed by atoms with Crippen molar-refractivity contribution in [2.24, 2.45) is 0 Å². The van der Waals surface area contributed by atoms with Crippen LogP contribution in [0.4, 0.5) is 0 Å². The van der Waals surface area contributed by atoms with E-state index in [4.69, 9.17) is 16.9 Å². The smallest absolute Gasteiger partial charge is 0.0666 e. The molecule has 0 bridgehead atoms. The van der Waals surface area contributed by atoms with Crippen molar-refractivity contribution in [3.8, 4) is 6.07 Å². The molecule has 0 spiro atoms. The van der Waals surface area contributed by atoms with Gasteiger partial charge in [0.1, 0.15) is 0 Å². The van der Waals surface area contributed by atoms with Gasteiger partial charge in [0.2, 0.25) is 0 Å². The Morgan fingerprint density at radius 1 is 1.50 bits per heavy atom. The summed E-state index contributed by atoms with van der Waals surface area (Å²) < 4.78 is 0. The third-order valence-corrected chi connectivity index (χ3v) is 3.59. The average molecular weight is 222 g/mol. The molecule has 0 aromatic heterocycles. The Bertz CT molecular complexity index is 431. The van der Waals surface area contributed by atoms with Crippen LogP contribution in [0.5, 0.6) is 0 Å². The fourth-order valence-corrected chi connectivity index (χ4v) is 2.71. The van der Waals surface area contributed by atoms with E-state index in [9.17, 15) is 0 Å². The van der Waals surface area contributed by atoms with Gasteiger partial charge in [-0.2, -0.15) is 5.26 Å². The van der Waals surface area contributed by atoms with Crippen LogP contribution in [0.2, 0.25) is 5.02 Å². The number of hydrogen-bond acceptors (Lipinski definition) is 2. The zero-order chi connectivity index (χ0) is 9.97. The van der Waals surface area contributed by atoms with E-state index in [0.29, 0.717) is 6.42 Å². The van der Waals surface area contributed by atoms with Crippen molar-refractivity contribution in [2.75, 3.05) is 5.75 Å². The number of hydrogen-bond donors (Lipinski definition) is 0. The molecule has 0 atom stereocenters. The summed E-state index contributed by atoms with van der Waals surface area (Å²) in [7, 11) is 0. The largest absolute Gasteiger partial charge is 0.198 e. The SMILES string of the molecule is N#CCC1=Cc2c(Cl)cccc2SC1. The minimum Gasteiger partial charge on any atom is -0.198 e. The third kappa shape index (κ3) is 1.79. The lowest BCUT2D eigenvalue weighted by molar-refractivity contribution is 1.22.